The summed E-state index contributed by atoms with van der Waals surface area (Å²) in [5.74, 6) is 1.24. The highest BCUT2D eigenvalue weighted by Crippen LogP contribution is 2.28. The van der Waals surface area contributed by atoms with E-state index in [4.69, 9.17) is 29.9 Å². The third-order valence-electron chi connectivity index (χ3n) is 10.4. The highest BCUT2D eigenvalue weighted by molar-refractivity contribution is 5.97. The molecule has 0 spiro atoms. The molecule has 0 fully saturated rings. The Morgan fingerprint density at radius 1 is 0.196 bits per heavy atom. The lowest BCUT2D eigenvalue weighted by molar-refractivity contribution is 1.18. The molecule has 0 radical (unpaired) electrons. The van der Waals surface area contributed by atoms with E-state index in [0.717, 1.165) is 65.0 Å². The molecule has 6 heteroatoms. The van der Waals surface area contributed by atoms with Gasteiger partial charge in [-0.05, 0) is 79.5 Å². The van der Waals surface area contributed by atoms with Crippen molar-refractivity contribution in [2.24, 2.45) is 0 Å². The highest BCUT2D eigenvalue weighted by atomic mass is 15.0. The Kier molecular flexibility index (Phi) is 7.38. The van der Waals surface area contributed by atoms with Crippen LogP contribution in [-0.4, -0.2) is 29.9 Å². The molecule has 0 amide bonds. The number of hydrogen-bond acceptors (Lipinski definition) is 6. The molecule has 0 N–H and O–H groups in total. The molecule has 0 unspecified atom stereocenters. The zero-order chi connectivity index (χ0) is 37.0. The molecule has 0 aliphatic carbocycles. The van der Waals surface area contributed by atoms with Gasteiger partial charge >= 0.3 is 0 Å². The predicted octanol–water partition coefficient (Wildman–Crippen LogP) is 12.3. The first kappa shape index (κ1) is 31.8. The van der Waals surface area contributed by atoms with Crippen molar-refractivity contribution in [3.63, 3.8) is 0 Å². The third-order valence-corrected chi connectivity index (χ3v) is 10.4. The van der Waals surface area contributed by atoms with Crippen LogP contribution in [0.3, 0.4) is 0 Å². The van der Waals surface area contributed by atoms with Crippen molar-refractivity contribution < 1.29 is 0 Å². The minimum Gasteiger partial charge on any atom is -0.208 e. The lowest BCUT2D eigenvalue weighted by atomic mass is 10.1. The van der Waals surface area contributed by atoms with E-state index in [-0.39, 0.29) is 0 Å². The normalized spacial score (nSPS) is 11.6. The van der Waals surface area contributed by atoms with Gasteiger partial charge in [-0.15, -0.1) is 0 Å². The van der Waals surface area contributed by atoms with Crippen LogP contribution in [0.5, 0.6) is 0 Å². The first-order chi connectivity index (χ1) is 27.7. The summed E-state index contributed by atoms with van der Waals surface area (Å²) in [6.45, 7) is 0. The van der Waals surface area contributed by atoms with Crippen LogP contribution in [0, 0.1) is 0 Å². The van der Waals surface area contributed by atoms with Crippen LogP contribution < -0.4 is 0 Å². The number of fused-ring (bicyclic) bond motifs is 20. The summed E-state index contributed by atoms with van der Waals surface area (Å²) < 4.78 is 0. The molecule has 0 atom stereocenters. The Hall–Kier alpha value is -7.70. The lowest BCUT2D eigenvalue weighted by Crippen LogP contribution is -1.95. The Balaban J connectivity index is 1.25. The number of hydrogen-bond donors (Lipinski definition) is 0. The average molecular weight is 715 g/mol. The Morgan fingerprint density at radius 2 is 0.464 bits per heavy atom. The fourth-order valence-corrected chi connectivity index (χ4v) is 7.53. The van der Waals surface area contributed by atoms with Gasteiger partial charge in [0.05, 0.1) is 0 Å². The minimum atomic E-state index is 0.604. The summed E-state index contributed by atoms with van der Waals surface area (Å²) in [4.78, 5) is 30.6. The molecule has 3 aromatic heterocycles. The molecule has 12 bridgehead atoms. The molecular formula is C50H30N6. The molecule has 0 saturated carbocycles. The van der Waals surface area contributed by atoms with Crippen molar-refractivity contribution in [3.05, 3.63) is 182 Å². The maximum Gasteiger partial charge on any atom is 0.164 e. The summed E-state index contributed by atoms with van der Waals surface area (Å²) in [5.41, 5.74) is 4.28. The fraction of sp³-hybridized carbons (Fsp3) is 0. The SMILES string of the molecule is c1ccc2cc(-c3nc4nc(n3)c3cccc(c3)c3cccc(c3)c3nc(-c5ccc6ccccc6c5)nc(n3)c3cccc(c3)c3cccc4c3)ccc2c1. The van der Waals surface area contributed by atoms with E-state index in [1.54, 1.807) is 0 Å². The van der Waals surface area contributed by atoms with Crippen LogP contribution in [0.2, 0.25) is 0 Å². The second-order valence-corrected chi connectivity index (χ2v) is 14.1. The van der Waals surface area contributed by atoms with Crippen LogP contribution in [0.25, 0.3) is 110 Å². The van der Waals surface area contributed by atoms with Gasteiger partial charge in [0.1, 0.15) is 0 Å². The molecule has 8 aromatic carbocycles. The second kappa shape index (κ2) is 13.0. The van der Waals surface area contributed by atoms with E-state index in [1.165, 1.54) is 10.8 Å². The van der Waals surface area contributed by atoms with E-state index in [9.17, 15) is 0 Å². The summed E-state index contributed by atoms with van der Waals surface area (Å²) in [5, 5.41) is 12.3. The summed E-state index contributed by atoms with van der Waals surface area (Å²) >= 11 is 0. The van der Waals surface area contributed by atoms with Crippen LogP contribution in [-0.2, 0) is 0 Å². The molecule has 0 aliphatic heterocycles. The monoisotopic (exact) mass is 714 g/mol. The van der Waals surface area contributed by atoms with Gasteiger partial charge < -0.3 is 0 Å². The predicted molar refractivity (Wildman–Crippen MR) is 231 cm³/mol. The Labute approximate surface area is 320 Å². The fourth-order valence-electron chi connectivity index (χ4n) is 7.53. The molecule has 0 saturated heterocycles. The summed E-state index contributed by atoms with van der Waals surface area (Å²) in [6, 6.07) is 62.9. The van der Waals surface area contributed by atoms with Crippen molar-refractivity contribution in [3.8, 4) is 22.8 Å². The highest BCUT2D eigenvalue weighted by Gasteiger charge is 2.10. The maximum absolute atomic E-state index is 5.12. The van der Waals surface area contributed by atoms with Gasteiger partial charge in [-0.3, -0.25) is 0 Å². The van der Waals surface area contributed by atoms with Crippen LogP contribution in [0.15, 0.2) is 182 Å². The van der Waals surface area contributed by atoms with Crippen LogP contribution in [0.4, 0.5) is 0 Å². The van der Waals surface area contributed by atoms with Gasteiger partial charge in [-0.1, -0.05) is 146 Å². The standard InChI is InChI=1S/C50H30N6/c1-3-11-33-25-43(23-21-31(33)9-1)49-53-45-39-17-5-13-35(27-39)37-15-7-19-41(29-37)47-52-48(56-50(55-47)44-24-22-32-10-2-4-12-34(32)26-44)42-20-8-16-38(30-42)36-14-6-18-40(28-36)46(51-45)54-49/h1-30H. The van der Waals surface area contributed by atoms with Gasteiger partial charge in [-0.25, -0.2) is 29.9 Å². The van der Waals surface area contributed by atoms with Gasteiger partial charge in [0.2, 0.25) is 0 Å². The topological polar surface area (TPSA) is 77.3 Å². The van der Waals surface area contributed by atoms with Crippen molar-refractivity contribution in [1.82, 2.24) is 29.9 Å². The second-order valence-electron chi connectivity index (χ2n) is 14.1. The number of benzene rings is 8. The molecule has 260 valence electrons. The van der Waals surface area contributed by atoms with Gasteiger partial charge in [0.15, 0.2) is 34.2 Å². The molecule has 6 nitrogen and oxygen atoms in total. The molecule has 3 heterocycles. The van der Waals surface area contributed by atoms with E-state index in [1.807, 2.05) is 0 Å². The molecule has 11 rings (SSSR count). The minimum absolute atomic E-state index is 0.604. The van der Waals surface area contributed by atoms with Gasteiger partial charge in [-0.2, -0.15) is 0 Å². The van der Waals surface area contributed by atoms with E-state index in [2.05, 4.69) is 182 Å². The zero-order valence-electron chi connectivity index (χ0n) is 30.0. The summed E-state index contributed by atoms with van der Waals surface area (Å²) in [6.07, 6.45) is 0. The number of rotatable bonds is 2. The van der Waals surface area contributed by atoms with Crippen molar-refractivity contribution in [1.29, 1.82) is 0 Å². The maximum atomic E-state index is 5.12. The van der Waals surface area contributed by atoms with Crippen molar-refractivity contribution in [2.45, 2.75) is 0 Å². The number of aromatic nitrogens is 6. The third kappa shape index (κ3) is 5.77. The Bertz CT molecular complexity index is 3130. The first-order valence-corrected chi connectivity index (χ1v) is 18.6. The smallest absolute Gasteiger partial charge is 0.164 e. The van der Waals surface area contributed by atoms with E-state index < -0.39 is 0 Å². The van der Waals surface area contributed by atoms with Gasteiger partial charge in [0, 0.05) is 32.7 Å². The van der Waals surface area contributed by atoms with Crippen LogP contribution >= 0.6 is 0 Å². The van der Waals surface area contributed by atoms with Crippen molar-refractivity contribution >= 4 is 87.2 Å². The lowest BCUT2D eigenvalue weighted by Gasteiger charge is -2.06. The quantitative estimate of drug-likeness (QED) is 0.177. The summed E-state index contributed by atoms with van der Waals surface area (Å²) in [7, 11) is 0. The molecule has 56 heavy (non-hydrogen) atoms. The van der Waals surface area contributed by atoms with E-state index in [0.29, 0.717) is 34.2 Å². The van der Waals surface area contributed by atoms with Gasteiger partial charge in [0.25, 0.3) is 0 Å². The molecule has 0 aliphatic rings. The average Bonchev–Trinajstić information content (AvgIpc) is 3.28. The largest absolute Gasteiger partial charge is 0.208 e. The van der Waals surface area contributed by atoms with Crippen molar-refractivity contribution in [2.75, 3.05) is 0 Å². The molecule has 11 aromatic rings. The van der Waals surface area contributed by atoms with Crippen LogP contribution in [0.1, 0.15) is 0 Å². The zero-order valence-corrected chi connectivity index (χ0v) is 30.0. The first-order valence-electron chi connectivity index (χ1n) is 18.6. The number of nitrogens with zero attached hydrogens (tertiary/aromatic N) is 6. The molecular weight excluding hydrogens is 685 g/mol. The Morgan fingerprint density at radius 3 is 0.804 bits per heavy atom. The van der Waals surface area contributed by atoms with E-state index >= 15 is 0 Å².